The Morgan fingerprint density at radius 1 is 1.00 bits per heavy atom. The minimum atomic E-state index is -0.417. The molecular weight excluding hydrogens is 280 g/mol. The molecule has 4 heteroatoms. The van der Waals surface area contributed by atoms with Crippen LogP contribution in [0.2, 0.25) is 5.02 Å². The lowest BCUT2D eigenvalue weighted by Crippen LogP contribution is -2.36. The first-order chi connectivity index (χ1) is 9.38. The summed E-state index contributed by atoms with van der Waals surface area (Å²) in [6.45, 7) is 4.51. The van der Waals surface area contributed by atoms with E-state index in [9.17, 15) is 8.78 Å². The maximum absolute atomic E-state index is 13.1. The Labute approximate surface area is 122 Å². The van der Waals surface area contributed by atoms with E-state index in [0.29, 0.717) is 11.6 Å². The summed E-state index contributed by atoms with van der Waals surface area (Å²) in [6, 6.07) is 10.7. The zero-order chi connectivity index (χ0) is 14.8. The van der Waals surface area contributed by atoms with Crippen molar-refractivity contribution >= 4 is 11.6 Å². The lowest BCUT2D eigenvalue weighted by atomic mass is 9.94. The van der Waals surface area contributed by atoms with Crippen molar-refractivity contribution in [3.05, 3.63) is 70.2 Å². The Hall–Kier alpha value is -1.45. The van der Waals surface area contributed by atoms with E-state index in [-0.39, 0.29) is 11.6 Å². The van der Waals surface area contributed by atoms with Gasteiger partial charge in [0.25, 0.3) is 0 Å². The maximum Gasteiger partial charge on any atom is 0.124 e. The highest BCUT2D eigenvalue weighted by Gasteiger charge is 2.22. The minimum absolute atomic E-state index is 0.255. The Kier molecular flexibility index (Phi) is 4.41. The highest BCUT2D eigenvalue weighted by molar-refractivity contribution is 6.31. The van der Waals surface area contributed by atoms with Crippen LogP contribution in [0.1, 0.15) is 25.0 Å². The van der Waals surface area contributed by atoms with Crippen molar-refractivity contribution in [2.24, 2.45) is 0 Å². The van der Waals surface area contributed by atoms with E-state index in [4.69, 9.17) is 11.6 Å². The molecule has 0 atom stereocenters. The van der Waals surface area contributed by atoms with Crippen molar-refractivity contribution in [3.8, 4) is 0 Å². The third-order valence-corrected chi connectivity index (χ3v) is 3.56. The van der Waals surface area contributed by atoms with E-state index in [1.165, 1.54) is 24.3 Å². The number of rotatable bonds is 4. The first kappa shape index (κ1) is 14.9. The van der Waals surface area contributed by atoms with Gasteiger partial charge in [0.2, 0.25) is 0 Å². The molecule has 0 bridgehead atoms. The van der Waals surface area contributed by atoms with Gasteiger partial charge in [-0.2, -0.15) is 0 Å². The second kappa shape index (κ2) is 5.90. The Balaban J connectivity index is 2.12. The molecule has 2 rings (SSSR count). The number of halogens is 3. The van der Waals surface area contributed by atoms with E-state index in [2.05, 4.69) is 5.32 Å². The molecule has 0 radical (unpaired) electrons. The van der Waals surface area contributed by atoms with Crippen LogP contribution in [0.4, 0.5) is 8.78 Å². The number of nitrogens with one attached hydrogen (secondary N) is 1. The van der Waals surface area contributed by atoms with Crippen LogP contribution in [-0.4, -0.2) is 0 Å². The van der Waals surface area contributed by atoms with Crippen molar-refractivity contribution < 1.29 is 8.78 Å². The summed E-state index contributed by atoms with van der Waals surface area (Å²) in [7, 11) is 0. The van der Waals surface area contributed by atoms with Crippen LogP contribution in [-0.2, 0) is 12.1 Å². The van der Waals surface area contributed by atoms with Gasteiger partial charge in [-0.3, -0.25) is 0 Å². The summed E-state index contributed by atoms with van der Waals surface area (Å²) in [5, 5.41) is 3.73. The lowest BCUT2D eigenvalue weighted by molar-refractivity contribution is 0.400. The molecule has 2 aromatic carbocycles. The smallest absolute Gasteiger partial charge is 0.124 e. The van der Waals surface area contributed by atoms with E-state index >= 15 is 0 Å². The monoisotopic (exact) mass is 295 g/mol. The SMILES string of the molecule is CC(C)(NCc1ccc(F)cc1)c1ccc(F)cc1Cl. The third kappa shape index (κ3) is 3.56. The zero-order valence-electron chi connectivity index (χ0n) is 11.4. The van der Waals surface area contributed by atoms with Crippen LogP contribution in [0.15, 0.2) is 42.5 Å². The lowest BCUT2D eigenvalue weighted by Gasteiger charge is -2.28. The van der Waals surface area contributed by atoms with Gasteiger partial charge in [-0.25, -0.2) is 8.78 Å². The van der Waals surface area contributed by atoms with E-state index in [0.717, 1.165) is 11.1 Å². The molecule has 0 aliphatic heterocycles. The molecule has 2 aromatic rings. The van der Waals surface area contributed by atoms with Crippen molar-refractivity contribution in [2.75, 3.05) is 0 Å². The van der Waals surface area contributed by atoms with Crippen LogP contribution in [0.5, 0.6) is 0 Å². The summed E-state index contributed by atoms with van der Waals surface area (Å²) in [6.07, 6.45) is 0. The predicted molar refractivity (Wildman–Crippen MR) is 77.7 cm³/mol. The Morgan fingerprint density at radius 3 is 2.20 bits per heavy atom. The highest BCUT2D eigenvalue weighted by Crippen LogP contribution is 2.28. The molecule has 0 aliphatic rings. The van der Waals surface area contributed by atoms with Gasteiger partial charge in [0, 0.05) is 17.1 Å². The first-order valence-corrected chi connectivity index (χ1v) is 6.71. The second-order valence-corrected chi connectivity index (χ2v) is 5.64. The quantitative estimate of drug-likeness (QED) is 0.866. The molecule has 0 saturated heterocycles. The normalized spacial score (nSPS) is 11.7. The van der Waals surface area contributed by atoms with Crippen LogP contribution in [0, 0.1) is 11.6 Å². The molecule has 0 saturated carbocycles. The summed E-state index contributed by atoms with van der Waals surface area (Å²) < 4.78 is 25.9. The summed E-state index contributed by atoms with van der Waals surface area (Å²) in [4.78, 5) is 0. The molecule has 0 spiro atoms. The van der Waals surface area contributed by atoms with Crippen molar-refractivity contribution in [1.29, 1.82) is 0 Å². The Bertz CT molecular complexity index is 594. The third-order valence-electron chi connectivity index (χ3n) is 3.25. The van der Waals surface area contributed by atoms with Gasteiger partial charge in [0.15, 0.2) is 0 Å². The summed E-state index contributed by atoms with van der Waals surface area (Å²) in [5.41, 5.74) is 1.37. The molecule has 106 valence electrons. The van der Waals surface area contributed by atoms with Crippen LogP contribution in [0.25, 0.3) is 0 Å². The summed E-state index contributed by atoms with van der Waals surface area (Å²) >= 11 is 6.09. The standard InChI is InChI=1S/C16H16ClF2N/c1-16(2,14-8-7-13(19)9-15(14)17)20-10-11-3-5-12(18)6-4-11/h3-9,20H,10H2,1-2H3. The summed E-state index contributed by atoms with van der Waals surface area (Å²) in [5.74, 6) is -0.609. The highest BCUT2D eigenvalue weighted by atomic mass is 35.5. The number of hydrogen-bond acceptors (Lipinski definition) is 1. The van der Waals surface area contributed by atoms with Crippen molar-refractivity contribution in [3.63, 3.8) is 0 Å². The fourth-order valence-corrected chi connectivity index (χ4v) is 2.42. The molecule has 1 N–H and O–H groups in total. The van der Waals surface area contributed by atoms with Gasteiger partial charge in [-0.05, 0) is 49.2 Å². The zero-order valence-corrected chi connectivity index (χ0v) is 12.1. The maximum atomic E-state index is 13.1. The van der Waals surface area contributed by atoms with Gasteiger partial charge in [-0.15, -0.1) is 0 Å². The molecule has 0 aliphatic carbocycles. The fourth-order valence-electron chi connectivity index (χ4n) is 2.02. The molecule has 0 heterocycles. The molecule has 0 fully saturated rings. The number of hydrogen-bond donors (Lipinski definition) is 1. The van der Waals surface area contributed by atoms with Gasteiger partial charge in [-0.1, -0.05) is 29.8 Å². The molecule has 0 amide bonds. The van der Waals surface area contributed by atoms with Gasteiger partial charge in [0.1, 0.15) is 11.6 Å². The molecule has 0 aromatic heterocycles. The van der Waals surface area contributed by atoms with E-state index in [1.54, 1.807) is 18.2 Å². The van der Waals surface area contributed by atoms with Crippen LogP contribution in [0.3, 0.4) is 0 Å². The molecule has 20 heavy (non-hydrogen) atoms. The topological polar surface area (TPSA) is 12.0 Å². The first-order valence-electron chi connectivity index (χ1n) is 6.33. The largest absolute Gasteiger partial charge is 0.304 e. The van der Waals surface area contributed by atoms with Crippen LogP contribution >= 0.6 is 11.6 Å². The van der Waals surface area contributed by atoms with Crippen molar-refractivity contribution in [1.82, 2.24) is 5.32 Å². The van der Waals surface area contributed by atoms with Crippen LogP contribution < -0.4 is 5.32 Å². The average Bonchev–Trinajstić information content (AvgIpc) is 2.37. The van der Waals surface area contributed by atoms with Gasteiger partial charge >= 0.3 is 0 Å². The molecule has 0 unspecified atom stereocenters. The van der Waals surface area contributed by atoms with Crippen molar-refractivity contribution in [2.45, 2.75) is 25.9 Å². The second-order valence-electron chi connectivity index (χ2n) is 5.23. The van der Waals surface area contributed by atoms with E-state index < -0.39 is 5.54 Å². The predicted octanol–water partition coefficient (Wildman–Crippen LogP) is 4.64. The van der Waals surface area contributed by atoms with Gasteiger partial charge < -0.3 is 5.32 Å². The molecule has 1 nitrogen and oxygen atoms in total. The minimum Gasteiger partial charge on any atom is -0.304 e. The number of benzene rings is 2. The fraction of sp³-hybridized carbons (Fsp3) is 0.250. The van der Waals surface area contributed by atoms with Gasteiger partial charge in [0.05, 0.1) is 0 Å². The molecular formula is C16H16ClF2N. The average molecular weight is 296 g/mol. The Morgan fingerprint density at radius 2 is 1.60 bits per heavy atom. The van der Waals surface area contributed by atoms with E-state index in [1.807, 2.05) is 13.8 Å².